The average Bonchev–Trinajstić information content (AvgIpc) is 2.37. The molecule has 0 radical (unpaired) electrons. The molecule has 0 aromatic heterocycles. The van der Waals surface area contributed by atoms with E-state index < -0.39 is 12.7 Å². The highest BCUT2D eigenvalue weighted by Gasteiger charge is 2.26. The monoisotopic (exact) mass is 437 g/mol. The van der Waals surface area contributed by atoms with Crippen LogP contribution in [0.3, 0.4) is 0 Å². The van der Waals surface area contributed by atoms with Crippen molar-refractivity contribution in [3.05, 3.63) is 30.1 Å². The van der Waals surface area contributed by atoms with E-state index in [1.807, 2.05) is 0 Å². The van der Waals surface area contributed by atoms with Crippen molar-refractivity contribution in [2.24, 2.45) is 10.7 Å². The normalized spacial score (nSPS) is 11.9. The zero-order valence-electron chi connectivity index (χ0n) is 11.0. The van der Waals surface area contributed by atoms with Crippen molar-refractivity contribution < 1.29 is 17.6 Å². The zero-order valence-corrected chi connectivity index (χ0v) is 14.1. The lowest BCUT2D eigenvalue weighted by Gasteiger charge is -2.07. The van der Waals surface area contributed by atoms with Crippen molar-refractivity contribution in [3.63, 3.8) is 0 Å². The van der Waals surface area contributed by atoms with Gasteiger partial charge in [0.05, 0.1) is 0 Å². The minimum absolute atomic E-state index is 0. The Balaban J connectivity index is 0.00000400. The fourth-order valence-corrected chi connectivity index (χ4v) is 2.09. The first-order valence-corrected chi connectivity index (χ1v) is 6.84. The van der Waals surface area contributed by atoms with E-state index in [4.69, 9.17) is 5.73 Å². The SMILES string of the molecule is I.NC(=NCC(F)(F)F)NCCCSc1ccc(F)cc1. The molecule has 9 heteroatoms. The van der Waals surface area contributed by atoms with Gasteiger partial charge in [-0.25, -0.2) is 9.38 Å². The fourth-order valence-electron chi connectivity index (χ4n) is 1.24. The molecule has 0 saturated heterocycles. The van der Waals surface area contributed by atoms with Crippen LogP contribution in [0, 0.1) is 5.82 Å². The zero-order chi connectivity index (χ0) is 15.0. The van der Waals surface area contributed by atoms with Gasteiger partial charge in [-0.3, -0.25) is 0 Å². The van der Waals surface area contributed by atoms with Crippen LogP contribution in [-0.4, -0.2) is 31.0 Å². The van der Waals surface area contributed by atoms with Gasteiger partial charge in [-0.2, -0.15) is 13.2 Å². The van der Waals surface area contributed by atoms with Crippen molar-refractivity contribution in [2.75, 3.05) is 18.8 Å². The smallest absolute Gasteiger partial charge is 0.370 e. The van der Waals surface area contributed by atoms with Crippen LogP contribution in [0.25, 0.3) is 0 Å². The molecular weight excluding hydrogens is 421 g/mol. The first-order valence-electron chi connectivity index (χ1n) is 5.86. The summed E-state index contributed by atoms with van der Waals surface area (Å²) >= 11 is 1.53. The first kappa shape index (κ1) is 20.3. The third kappa shape index (κ3) is 10.6. The van der Waals surface area contributed by atoms with E-state index in [2.05, 4.69) is 10.3 Å². The molecule has 1 aromatic rings. The second-order valence-electron chi connectivity index (χ2n) is 3.90. The molecule has 0 aliphatic heterocycles. The molecule has 0 amide bonds. The van der Waals surface area contributed by atoms with Crippen LogP contribution in [-0.2, 0) is 0 Å². The Labute approximate surface area is 141 Å². The molecule has 3 nitrogen and oxygen atoms in total. The second kappa shape index (κ2) is 10.1. The lowest BCUT2D eigenvalue weighted by atomic mass is 10.4. The van der Waals surface area contributed by atoms with Crippen molar-refractivity contribution in [2.45, 2.75) is 17.5 Å². The average molecular weight is 437 g/mol. The van der Waals surface area contributed by atoms with E-state index in [0.29, 0.717) is 13.0 Å². The maximum absolute atomic E-state index is 12.6. The van der Waals surface area contributed by atoms with E-state index in [9.17, 15) is 17.6 Å². The van der Waals surface area contributed by atoms with Gasteiger partial charge in [0.1, 0.15) is 12.4 Å². The number of rotatable bonds is 6. The topological polar surface area (TPSA) is 50.4 Å². The number of thioether (sulfide) groups is 1. The largest absolute Gasteiger partial charge is 0.408 e. The Morgan fingerprint density at radius 1 is 1.24 bits per heavy atom. The molecule has 0 heterocycles. The maximum atomic E-state index is 12.6. The molecular formula is C12H16F4IN3S. The number of nitrogens with two attached hydrogens (primary N) is 1. The van der Waals surface area contributed by atoms with Gasteiger partial charge < -0.3 is 11.1 Å². The summed E-state index contributed by atoms with van der Waals surface area (Å²) in [7, 11) is 0. The minimum Gasteiger partial charge on any atom is -0.370 e. The summed E-state index contributed by atoms with van der Waals surface area (Å²) in [5, 5.41) is 2.61. The third-order valence-electron chi connectivity index (χ3n) is 2.14. The van der Waals surface area contributed by atoms with Gasteiger partial charge in [0.15, 0.2) is 5.96 Å². The molecule has 0 spiro atoms. The fraction of sp³-hybridized carbons (Fsp3) is 0.417. The second-order valence-corrected chi connectivity index (χ2v) is 5.07. The molecule has 21 heavy (non-hydrogen) atoms. The predicted octanol–water partition coefficient (Wildman–Crippen LogP) is 3.39. The lowest BCUT2D eigenvalue weighted by molar-refractivity contribution is -0.118. The van der Waals surface area contributed by atoms with Gasteiger partial charge in [-0.15, -0.1) is 35.7 Å². The molecule has 0 bridgehead atoms. The highest BCUT2D eigenvalue weighted by molar-refractivity contribution is 14.0. The summed E-state index contributed by atoms with van der Waals surface area (Å²) in [4.78, 5) is 4.11. The van der Waals surface area contributed by atoms with E-state index in [0.717, 1.165) is 10.6 Å². The van der Waals surface area contributed by atoms with Gasteiger partial charge >= 0.3 is 6.18 Å². The summed E-state index contributed by atoms with van der Waals surface area (Å²) in [5.74, 6) is 0.240. The lowest BCUT2D eigenvalue weighted by Crippen LogP contribution is -2.33. The molecule has 0 unspecified atom stereocenters. The summed E-state index contributed by atoms with van der Waals surface area (Å²) < 4.78 is 48.2. The van der Waals surface area contributed by atoms with Crippen molar-refractivity contribution in [1.82, 2.24) is 5.32 Å². The summed E-state index contributed by atoms with van der Waals surface area (Å²) in [6.07, 6.45) is -3.64. The molecule has 0 atom stereocenters. The maximum Gasteiger partial charge on any atom is 0.408 e. The minimum atomic E-state index is -4.34. The van der Waals surface area contributed by atoms with Gasteiger partial charge in [-0.05, 0) is 36.4 Å². The summed E-state index contributed by atoms with van der Waals surface area (Å²) in [5.41, 5.74) is 5.28. The molecule has 0 aliphatic carbocycles. The number of guanidine groups is 1. The van der Waals surface area contributed by atoms with Gasteiger partial charge in [0, 0.05) is 11.4 Å². The molecule has 1 aromatic carbocycles. The van der Waals surface area contributed by atoms with E-state index in [1.165, 1.54) is 23.9 Å². The molecule has 0 aliphatic rings. The number of benzene rings is 1. The number of hydrogen-bond acceptors (Lipinski definition) is 2. The molecule has 120 valence electrons. The molecule has 0 saturated carbocycles. The summed E-state index contributed by atoms with van der Waals surface area (Å²) in [6, 6.07) is 6.10. The Morgan fingerprint density at radius 2 is 1.86 bits per heavy atom. The number of aliphatic imine (C=N–C) groups is 1. The van der Waals surface area contributed by atoms with Gasteiger partial charge in [0.25, 0.3) is 0 Å². The van der Waals surface area contributed by atoms with Crippen LogP contribution < -0.4 is 11.1 Å². The first-order chi connectivity index (χ1) is 9.37. The van der Waals surface area contributed by atoms with Crippen LogP contribution in [0.5, 0.6) is 0 Å². The van der Waals surface area contributed by atoms with Crippen molar-refractivity contribution in [3.8, 4) is 0 Å². The van der Waals surface area contributed by atoms with Crippen molar-refractivity contribution >= 4 is 41.7 Å². The van der Waals surface area contributed by atoms with Crippen LogP contribution in [0.4, 0.5) is 17.6 Å². The number of hydrogen-bond donors (Lipinski definition) is 2. The Bertz CT molecular complexity index is 437. The molecule has 0 fully saturated rings. The van der Waals surface area contributed by atoms with Gasteiger partial charge in [0.2, 0.25) is 0 Å². The number of alkyl halides is 3. The number of halogens is 5. The molecule has 3 N–H and O–H groups in total. The van der Waals surface area contributed by atoms with E-state index >= 15 is 0 Å². The van der Waals surface area contributed by atoms with Crippen molar-refractivity contribution in [1.29, 1.82) is 0 Å². The standard InChI is InChI=1S/C12H15F4N3S.HI/c13-9-2-4-10(5-3-9)20-7-1-6-18-11(17)19-8-12(14,15)16;/h2-5H,1,6-8H2,(H3,17,18,19);1H. The quantitative estimate of drug-likeness (QED) is 0.179. The molecule has 1 rings (SSSR count). The summed E-state index contributed by atoms with van der Waals surface area (Å²) in [6.45, 7) is -0.850. The number of nitrogens with zero attached hydrogens (tertiary/aromatic N) is 1. The van der Waals surface area contributed by atoms with Crippen LogP contribution in [0.1, 0.15) is 6.42 Å². The van der Waals surface area contributed by atoms with E-state index in [1.54, 1.807) is 12.1 Å². The highest BCUT2D eigenvalue weighted by atomic mass is 127. The van der Waals surface area contributed by atoms with Crippen LogP contribution >= 0.6 is 35.7 Å². The van der Waals surface area contributed by atoms with Crippen LogP contribution in [0.15, 0.2) is 34.2 Å². The van der Waals surface area contributed by atoms with Gasteiger partial charge in [-0.1, -0.05) is 0 Å². The Kier molecular flexibility index (Phi) is 9.75. The third-order valence-corrected chi connectivity index (χ3v) is 3.24. The predicted molar refractivity (Wildman–Crippen MR) is 87.7 cm³/mol. The highest BCUT2D eigenvalue weighted by Crippen LogP contribution is 2.18. The van der Waals surface area contributed by atoms with E-state index in [-0.39, 0.29) is 35.8 Å². The Hall–Kier alpha value is -0.710. The number of nitrogens with one attached hydrogen (secondary N) is 1. The Morgan fingerprint density at radius 3 is 2.43 bits per heavy atom. The van der Waals surface area contributed by atoms with Crippen LogP contribution in [0.2, 0.25) is 0 Å².